The van der Waals surface area contributed by atoms with Crippen molar-refractivity contribution < 1.29 is 0 Å². The van der Waals surface area contributed by atoms with Crippen molar-refractivity contribution in [1.82, 2.24) is 0 Å². The van der Waals surface area contributed by atoms with Crippen LogP contribution in [0.5, 0.6) is 0 Å². The molecular formula is C16H13Cl4N3S. The third kappa shape index (κ3) is 5.04. The average Bonchev–Trinajstić information content (AvgIpc) is 2.55. The molecule has 0 fully saturated rings. The number of nitrogens with two attached hydrogens (primary N) is 1. The number of halogens is 4. The van der Waals surface area contributed by atoms with Gasteiger partial charge < -0.3 is 5.84 Å². The Morgan fingerprint density at radius 2 is 1.67 bits per heavy atom. The van der Waals surface area contributed by atoms with Crippen molar-refractivity contribution in [3.8, 4) is 0 Å². The van der Waals surface area contributed by atoms with Gasteiger partial charge in [-0.15, -0.1) is 0 Å². The Bertz CT molecular complexity index is 786. The summed E-state index contributed by atoms with van der Waals surface area (Å²) in [7, 11) is 0. The van der Waals surface area contributed by atoms with Crippen LogP contribution in [0.2, 0.25) is 20.1 Å². The molecule has 0 amide bonds. The van der Waals surface area contributed by atoms with Crippen molar-refractivity contribution >= 4 is 69.0 Å². The third-order valence-corrected chi connectivity index (χ3v) is 5.45. The van der Waals surface area contributed by atoms with Gasteiger partial charge in [-0.25, -0.2) is 4.99 Å². The fourth-order valence-electron chi connectivity index (χ4n) is 1.83. The van der Waals surface area contributed by atoms with Crippen LogP contribution in [0.25, 0.3) is 0 Å². The molecule has 0 spiro atoms. The smallest absolute Gasteiger partial charge is 0.206 e. The summed E-state index contributed by atoms with van der Waals surface area (Å²) >= 11 is 25.6. The quantitative estimate of drug-likeness (QED) is 0.275. The molecule has 126 valence electrons. The molecule has 0 unspecified atom stereocenters. The fourth-order valence-corrected chi connectivity index (χ4v) is 3.68. The average molecular weight is 421 g/mol. The molecule has 0 atom stereocenters. The molecule has 0 radical (unpaired) electrons. The van der Waals surface area contributed by atoms with E-state index in [1.54, 1.807) is 30.3 Å². The molecule has 0 heterocycles. The Kier molecular flexibility index (Phi) is 7.26. The van der Waals surface area contributed by atoms with Crippen LogP contribution in [0, 0.1) is 0 Å². The zero-order valence-electron chi connectivity index (χ0n) is 12.6. The molecule has 0 bridgehead atoms. The van der Waals surface area contributed by atoms with Crippen LogP contribution in [-0.4, -0.2) is 10.9 Å². The number of benzene rings is 2. The molecule has 0 saturated heterocycles. The topological polar surface area (TPSA) is 50.7 Å². The van der Waals surface area contributed by atoms with E-state index in [2.05, 4.69) is 10.1 Å². The maximum Gasteiger partial charge on any atom is 0.206 e. The molecule has 2 aromatic carbocycles. The standard InChI is InChI=1S/C16H13Cl4N3S/c1-9(10-5-6-14(19)15(20)7-10)22-16(23-21)24-8-11-12(17)3-2-4-13(11)18/h2-7H,8,21H2,1H3/b22-9+,23-16-. The largest absolute Gasteiger partial charge is 0.321 e. The maximum absolute atomic E-state index is 6.16. The van der Waals surface area contributed by atoms with Gasteiger partial charge in [0.15, 0.2) is 0 Å². The lowest BCUT2D eigenvalue weighted by Crippen LogP contribution is -2.02. The molecule has 0 aliphatic carbocycles. The molecule has 2 N–H and O–H groups in total. The molecule has 0 saturated carbocycles. The summed E-state index contributed by atoms with van der Waals surface area (Å²) in [6, 6.07) is 10.7. The fraction of sp³-hybridized carbons (Fsp3) is 0.125. The maximum atomic E-state index is 6.16. The van der Waals surface area contributed by atoms with E-state index in [9.17, 15) is 0 Å². The van der Waals surface area contributed by atoms with Gasteiger partial charge in [-0.05, 0) is 42.3 Å². The summed E-state index contributed by atoms with van der Waals surface area (Å²) < 4.78 is 0. The molecule has 8 heteroatoms. The van der Waals surface area contributed by atoms with Crippen molar-refractivity contribution in [2.45, 2.75) is 12.7 Å². The number of thioether (sulfide) groups is 1. The lowest BCUT2D eigenvalue weighted by molar-refractivity contribution is 1.25. The van der Waals surface area contributed by atoms with E-state index in [-0.39, 0.29) is 0 Å². The number of hydrogen-bond acceptors (Lipinski definition) is 3. The van der Waals surface area contributed by atoms with E-state index >= 15 is 0 Å². The highest BCUT2D eigenvalue weighted by atomic mass is 35.5. The van der Waals surface area contributed by atoms with Crippen molar-refractivity contribution in [1.29, 1.82) is 0 Å². The van der Waals surface area contributed by atoms with Gasteiger partial charge in [0.1, 0.15) is 0 Å². The Balaban J connectivity index is 2.15. The van der Waals surface area contributed by atoms with Gasteiger partial charge >= 0.3 is 0 Å². The SMILES string of the molecule is C/C(=N\C(=N\N)SCc1c(Cl)cccc1Cl)c1ccc(Cl)c(Cl)c1. The number of hydrazone groups is 1. The second-order valence-electron chi connectivity index (χ2n) is 4.73. The first-order valence-corrected chi connectivity index (χ1v) is 9.26. The Labute approximate surface area is 164 Å². The highest BCUT2D eigenvalue weighted by Crippen LogP contribution is 2.29. The highest BCUT2D eigenvalue weighted by molar-refractivity contribution is 8.13. The minimum absolute atomic E-state index is 0.412. The van der Waals surface area contributed by atoms with Crippen molar-refractivity contribution in [3.63, 3.8) is 0 Å². The molecule has 0 aromatic heterocycles. The number of amidine groups is 1. The second-order valence-corrected chi connectivity index (χ2v) is 7.30. The molecule has 3 nitrogen and oxygen atoms in total. The zero-order chi connectivity index (χ0) is 17.7. The van der Waals surface area contributed by atoms with E-state index in [0.717, 1.165) is 16.8 Å². The molecule has 0 aliphatic rings. The summed E-state index contributed by atoms with van der Waals surface area (Å²) in [4.78, 5) is 4.43. The summed E-state index contributed by atoms with van der Waals surface area (Å²) in [5.74, 6) is 5.95. The van der Waals surface area contributed by atoms with Gasteiger partial charge in [-0.3, -0.25) is 0 Å². The summed E-state index contributed by atoms with van der Waals surface area (Å²) in [5, 5.41) is 6.27. The Morgan fingerprint density at radius 1 is 1.00 bits per heavy atom. The van der Waals surface area contributed by atoms with Crippen molar-refractivity contribution in [2.75, 3.05) is 0 Å². The van der Waals surface area contributed by atoms with E-state index in [1.165, 1.54) is 11.8 Å². The number of hydrogen-bond donors (Lipinski definition) is 1. The van der Waals surface area contributed by atoms with Crippen LogP contribution in [0.3, 0.4) is 0 Å². The van der Waals surface area contributed by atoms with Gasteiger partial charge in [0.05, 0.1) is 10.0 Å². The normalized spacial score (nSPS) is 12.5. The molecule has 2 aromatic rings. The first-order valence-electron chi connectivity index (χ1n) is 6.76. The third-order valence-electron chi connectivity index (χ3n) is 3.12. The first-order chi connectivity index (χ1) is 11.4. The number of rotatable bonds is 3. The van der Waals surface area contributed by atoms with E-state index < -0.39 is 0 Å². The van der Waals surface area contributed by atoms with E-state index in [0.29, 0.717) is 31.0 Å². The minimum atomic E-state index is 0.412. The predicted octanol–water partition coefficient (Wildman–Crippen LogP) is 6.27. The summed E-state index contributed by atoms with van der Waals surface area (Å²) in [6.45, 7) is 1.84. The van der Waals surface area contributed by atoms with Crippen LogP contribution in [0.4, 0.5) is 0 Å². The van der Waals surface area contributed by atoms with Crippen LogP contribution in [0.1, 0.15) is 18.1 Å². The van der Waals surface area contributed by atoms with Gasteiger partial charge in [0, 0.05) is 21.5 Å². The summed E-state index contributed by atoms with van der Waals surface area (Å²) in [6.07, 6.45) is 0. The van der Waals surface area contributed by atoms with Gasteiger partial charge in [-0.1, -0.05) is 70.3 Å². The van der Waals surface area contributed by atoms with Crippen LogP contribution < -0.4 is 5.84 Å². The summed E-state index contributed by atoms with van der Waals surface area (Å²) in [5.41, 5.74) is 2.37. The number of nitrogens with zero attached hydrogens (tertiary/aromatic N) is 2. The monoisotopic (exact) mass is 419 g/mol. The van der Waals surface area contributed by atoms with Crippen LogP contribution in [-0.2, 0) is 5.75 Å². The Morgan fingerprint density at radius 3 is 2.25 bits per heavy atom. The van der Waals surface area contributed by atoms with Crippen molar-refractivity contribution in [3.05, 3.63) is 67.6 Å². The lowest BCUT2D eigenvalue weighted by atomic mass is 10.1. The number of aliphatic imine (C=N–C) groups is 1. The van der Waals surface area contributed by atoms with Crippen LogP contribution in [0.15, 0.2) is 46.5 Å². The van der Waals surface area contributed by atoms with E-state index in [4.69, 9.17) is 52.2 Å². The van der Waals surface area contributed by atoms with E-state index in [1.807, 2.05) is 13.0 Å². The molecule has 2 rings (SSSR count). The predicted molar refractivity (Wildman–Crippen MR) is 108 cm³/mol. The van der Waals surface area contributed by atoms with Gasteiger partial charge in [-0.2, -0.15) is 5.10 Å². The lowest BCUT2D eigenvalue weighted by Gasteiger charge is -2.07. The molecular weight excluding hydrogens is 408 g/mol. The first kappa shape index (κ1) is 19.4. The van der Waals surface area contributed by atoms with Crippen molar-refractivity contribution in [2.24, 2.45) is 15.9 Å². The minimum Gasteiger partial charge on any atom is -0.321 e. The Hall–Kier alpha value is -0.910. The second kappa shape index (κ2) is 8.97. The van der Waals surface area contributed by atoms with Crippen LogP contribution >= 0.6 is 58.2 Å². The van der Waals surface area contributed by atoms with Gasteiger partial charge in [0.2, 0.25) is 5.17 Å². The molecule has 24 heavy (non-hydrogen) atoms. The van der Waals surface area contributed by atoms with Gasteiger partial charge in [0.25, 0.3) is 0 Å². The zero-order valence-corrected chi connectivity index (χ0v) is 16.4. The molecule has 0 aliphatic heterocycles. The highest BCUT2D eigenvalue weighted by Gasteiger charge is 2.09.